The summed E-state index contributed by atoms with van der Waals surface area (Å²) in [5, 5.41) is 17.0. The molecule has 3 atom stereocenters. The molecule has 10 nitrogen and oxygen atoms in total. The number of H-pyrrole nitrogens is 1. The number of nitrogens with one attached hydrogen (secondary N) is 3. The SMILES string of the molecule is C=CCO[C@H]1CN(C2CCN(c3c(C)noc3C)C2)CC1NC(=O)CNc1n[nH]c2ccc(C(F)(F)F)cc12. The van der Waals surface area contributed by atoms with Crippen molar-refractivity contribution >= 4 is 28.3 Å². The van der Waals surface area contributed by atoms with E-state index >= 15 is 0 Å². The van der Waals surface area contributed by atoms with Gasteiger partial charge in [-0.3, -0.25) is 14.8 Å². The van der Waals surface area contributed by atoms with Crippen LogP contribution in [0.2, 0.25) is 0 Å². The molecule has 1 aromatic carbocycles. The van der Waals surface area contributed by atoms with Crippen molar-refractivity contribution in [1.82, 2.24) is 25.6 Å². The Hall–Kier alpha value is -3.58. The maximum absolute atomic E-state index is 13.1. The van der Waals surface area contributed by atoms with E-state index < -0.39 is 11.7 Å². The van der Waals surface area contributed by atoms with Gasteiger partial charge in [0.05, 0.1) is 36.4 Å². The number of halogens is 3. The summed E-state index contributed by atoms with van der Waals surface area (Å²) < 4.78 is 50.8. The summed E-state index contributed by atoms with van der Waals surface area (Å²) in [5.41, 5.74) is 1.58. The van der Waals surface area contributed by atoms with Crippen molar-refractivity contribution in [3.05, 3.63) is 47.9 Å². The van der Waals surface area contributed by atoms with Gasteiger partial charge in [0.15, 0.2) is 11.6 Å². The Morgan fingerprint density at radius 3 is 2.85 bits per heavy atom. The fraction of sp³-hybridized carbons (Fsp3) is 0.500. The molecular weight excluding hydrogens is 515 g/mol. The predicted octanol–water partition coefficient (Wildman–Crippen LogP) is 3.25. The number of fused-ring (bicyclic) bond motifs is 1. The van der Waals surface area contributed by atoms with Gasteiger partial charge in [0, 0.05) is 37.6 Å². The summed E-state index contributed by atoms with van der Waals surface area (Å²) in [7, 11) is 0. The van der Waals surface area contributed by atoms with Crippen LogP contribution in [0.4, 0.5) is 24.7 Å². The van der Waals surface area contributed by atoms with Crippen LogP contribution in [0.1, 0.15) is 23.4 Å². The molecule has 13 heteroatoms. The molecule has 210 valence electrons. The summed E-state index contributed by atoms with van der Waals surface area (Å²) in [6, 6.07) is 3.36. The zero-order valence-electron chi connectivity index (χ0n) is 21.8. The number of amides is 1. The molecular formula is C26H32F3N7O3. The largest absolute Gasteiger partial charge is 0.416 e. The molecule has 0 spiro atoms. The molecule has 2 aliphatic heterocycles. The van der Waals surface area contributed by atoms with Crippen molar-refractivity contribution in [2.24, 2.45) is 0 Å². The van der Waals surface area contributed by atoms with E-state index in [1.807, 2.05) is 13.8 Å². The van der Waals surface area contributed by atoms with Gasteiger partial charge in [-0.25, -0.2) is 0 Å². The highest BCUT2D eigenvalue weighted by Crippen LogP contribution is 2.33. The first-order chi connectivity index (χ1) is 18.6. The number of aryl methyl sites for hydroxylation is 2. The van der Waals surface area contributed by atoms with Gasteiger partial charge >= 0.3 is 6.18 Å². The number of nitrogens with zero attached hydrogens (tertiary/aromatic N) is 4. The van der Waals surface area contributed by atoms with Crippen molar-refractivity contribution in [2.75, 3.05) is 49.5 Å². The van der Waals surface area contributed by atoms with Gasteiger partial charge in [-0.05, 0) is 38.5 Å². The molecule has 2 aliphatic rings. The van der Waals surface area contributed by atoms with Gasteiger partial charge in [0.2, 0.25) is 5.91 Å². The fourth-order valence-corrected chi connectivity index (χ4v) is 5.52. The number of anilines is 2. The topological polar surface area (TPSA) is 112 Å². The molecule has 2 fully saturated rings. The zero-order chi connectivity index (χ0) is 27.7. The Bertz CT molecular complexity index is 1320. The molecule has 2 unspecified atom stereocenters. The fourth-order valence-electron chi connectivity index (χ4n) is 5.52. The summed E-state index contributed by atoms with van der Waals surface area (Å²) in [6.45, 7) is 10.8. The predicted molar refractivity (Wildman–Crippen MR) is 140 cm³/mol. The van der Waals surface area contributed by atoms with E-state index in [2.05, 4.69) is 42.4 Å². The standard InChI is InChI=1S/C26H32F3N7O3/c1-4-9-38-22-14-36(18-7-8-35(12-18)24-15(2)34-39-16(24)3)13-21(22)31-23(37)11-30-25-19-10-17(26(27,28)29)5-6-20(19)32-33-25/h4-6,10,18,21-22H,1,7-9,11-14H2,2-3H3,(H,31,37)(H2,30,32,33)/t18?,21?,22-/m0/s1. The molecule has 39 heavy (non-hydrogen) atoms. The highest BCUT2D eigenvalue weighted by molar-refractivity contribution is 5.92. The number of carbonyl (C=O) groups excluding carboxylic acids is 1. The van der Waals surface area contributed by atoms with Gasteiger partial charge in [-0.15, -0.1) is 6.58 Å². The molecule has 3 N–H and O–H groups in total. The zero-order valence-corrected chi connectivity index (χ0v) is 21.8. The van der Waals surface area contributed by atoms with Gasteiger partial charge in [0.25, 0.3) is 0 Å². The van der Waals surface area contributed by atoms with Crippen LogP contribution in [0, 0.1) is 13.8 Å². The minimum Gasteiger partial charge on any atom is -0.371 e. The van der Waals surface area contributed by atoms with Crippen LogP contribution in [0.15, 0.2) is 35.4 Å². The van der Waals surface area contributed by atoms with Crippen molar-refractivity contribution in [1.29, 1.82) is 0 Å². The van der Waals surface area contributed by atoms with Gasteiger partial charge in [-0.2, -0.15) is 18.3 Å². The summed E-state index contributed by atoms with van der Waals surface area (Å²) in [6.07, 6.45) is -2.05. The highest BCUT2D eigenvalue weighted by Gasteiger charge is 2.40. The minimum absolute atomic E-state index is 0.149. The summed E-state index contributed by atoms with van der Waals surface area (Å²) in [5.74, 6) is 0.684. The highest BCUT2D eigenvalue weighted by atomic mass is 19.4. The second-order valence-electron chi connectivity index (χ2n) is 10.0. The van der Waals surface area contributed by atoms with Gasteiger partial charge < -0.3 is 24.8 Å². The Morgan fingerprint density at radius 1 is 1.31 bits per heavy atom. The van der Waals surface area contributed by atoms with E-state index in [0.717, 1.165) is 48.8 Å². The molecule has 0 aliphatic carbocycles. The maximum atomic E-state index is 13.1. The van der Waals surface area contributed by atoms with Gasteiger partial charge in [0.1, 0.15) is 11.4 Å². The van der Waals surface area contributed by atoms with Crippen molar-refractivity contribution in [2.45, 2.75) is 44.6 Å². The number of carbonyl (C=O) groups is 1. The maximum Gasteiger partial charge on any atom is 0.416 e. The number of hydrogen-bond acceptors (Lipinski definition) is 8. The third kappa shape index (κ3) is 5.74. The van der Waals surface area contributed by atoms with Crippen molar-refractivity contribution in [3.8, 4) is 0 Å². The van der Waals surface area contributed by atoms with E-state index in [1.54, 1.807) is 6.08 Å². The molecule has 0 radical (unpaired) electrons. The van der Waals surface area contributed by atoms with Crippen LogP contribution >= 0.6 is 0 Å². The first-order valence-corrected chi connectivity index (χ1v) is 12.9. The Balaban J connectivity index is 1.20. The summed E-state index contributed by atoms with van der Waals surface area (Å²) >= 11 is 0. The van der Waals surface area contributed by atoms with Crippen molar-refractivity contribution < 1.29 is 27.2 Å². The van der Waals surface area contributed by atoms with Crippen LogP contribution in [-0.4, -0.2) is 83.7 Å². The normalized spacial score (nSPS) is 22.1. The number of hydrogen-bond donors (Lipinski definition) is 3. The first kappa shape index (κ1) is 27.0. The number of aromatic nitrogens is 3. The Labute approximate surface area is 223 Å². The summed E-state index contributed by atoms with van der Waals surface area (Å²) in [4.78, 5) is 17.5. The van der Waals surface area contributed by atoms with E-state index in [0.29, 0.717) is 25.2 Å². The van der Waals surface area contributed by atoms with E-state index in [9.17, 15) is 18.0 Å². The second-order valence-corrected chi connectivity index (χ2v) is 10.0. The lowest BCUT2D eigenvalue weighted by molar-refractivity contribution is -0.137. The number of alkyl halides is 3. The molecule has 1 amide bonds. The van der Waals surface area contributed by atoms with Crippen molar-refractivity contribution in [3.63, 3.8) is 0 Å². The van der Waals surface area contributed by atoms with Crippen LogP contribution in [0.25, 0.3) is 10.9 Å². The minimum atomic E-state index is -4.47. The number of likely N-dealkylation sites (tertiary alicyclic amines) is 1. The van der Waals surface area contributed by atoms with E-state index in [1.165, 1.54) is 6.07 Å². The Kier molecular flexibility index (Phi) is 7.54. The molecule has 2 saturated heterocycles. The van der Waals surface area contributed by atoms with Crippen LogP contribution in [-0.2, 0) is 15.7 Å². The number of ether oxygens (including phenoxy) is 1. The van der Waals surface area contributed by atoms with Gasteiger partial charge in [-0.1, -0.05) is 11.2 Å². The average Bonchev–Trinajstić information content (AvgIpc) is 3.67. The lowest BCUT2D eigenvalue weighted by Crippen LogP contribution is -2.46. The smallest absolute Gasteiger partial charge is 0.371 e. The van der Waals surface area contributed by atoms with E-state index in [-0.39, 0.29) is 41.8 Å². The van der Waals surface area contributed by atoms with E-state index in [4.69, 9.17) is 9.26 Å². The first-order valence-electron chi connectivity index (χ1n) is 12.9. The van der Waals surface area contributed by atoms with Crippen LogP contribution < -0.4 is 15.5 Å². The number of benzene rings is 1. The molecule has 2 aromatic heterocycles. The third-order valence-corrected chi connectivity index (χ3v) is 7.37. The molecule has 4 heterocycles. The molecule has 0 saturated carbocycles. The number of aromatic amines is 1. The number of rotatable bonds is 9. The lowest BCUT2D eigenvalue weighted by Gasteiger charge is -2.24. The monoisotopic (exact) mass is 547 g/mol. The quantitative estimate of drug-likeness (QED) is 0.350. The van der Waals surface area contributed by atoms with Crippen LogP contribution in [0.3, 0.4) is 0 Å². The molecule has 3 aromatic rings. The lowest BCUT2D eigenvalue weighted by atomic mass is 10.1. The second kappa shape index (κ2) is 10.9. The van der Waals surface area contributed by atoms with Crippen LogP contribution in [0.5, 0.6) is 0 Å². The third-order valence-electron chi connectivity index (χ3n) is 7.37. The molecule has 5 rings (SSSR count). The molecule has 0 bridgehead atoms. The Morgan fingerprint density at radius 2 is 2.13 bits per heavy atom. The average molecular weight is 548 g/mol.